The Morgan fingerprint density at radius 3 is 2.74 bits per heavy atom. The molecule has 3 unspecified atom stereocenters. The third kappa shape index (κ3) is 2.33. The van der Waals surface area contributed by atoms with Crippen LogP contribution in [0.25, 0.3) is 0 Å². The van der Waals surface area contributed by atoms with E-state index in [1.807, 2.05) is 6.92 Å². The molecule has 0 aliphatic heterocycles. The molecule has 1 aromatic heterocycles. The van der Waals surface area contributed by atoms with E-state index in [0.717, 1.165) is 35.8 Å². The first-order valence-corrected chi connectivity index (χ1v) is 7.21. The second kappa shape index (κ2) is 5.23. The summed E-state index contributed by atoms with van der Waals surface area (Å²) < 4.78 is 5.47. The summed E-state index contributed by atoms with van der Waals surface area (Å²) in [5.41, 5.74) is 0. The molecule has 2 fully saturated rings. The third-order valence-electron chi connectivity index (χ3n) is 4.41. The minimum atomic E-state index is 0.553. The molecule has 2 aliphatic carbocycles. The highest BCUT2D eigenvalue weighted by atomic mass is 16.5. The largest absolute Gasteiger partial charge is 0.490 e. The number of methoxy groups -OCH3 is 1. The summed E-state index contributed by atoms with van der Waals surface area (Å²) >= 11 is 0. The summed E-state index contributed by atoms with van der Waals surface area (Å²) in [6.45, 7) is 2.87. The van der Waals surface area contributed by atoms with Crippen LogP contribution in [0.5, 0.6) is 5.75 Å². The fraction of sp³-hybridized carbons (Fsp3) is 0.714. The molecule has 0 aromatic carbocycles. The van der Waals surface area contributed by atoms with Crippen LogP contribution in [0.1, 0.15) is 32.6 Å². The first-order chi connectivity index (χ1) is 9.31. The number of fused-ring (bicyclic) bond motifs is 2. The Kier molecular flexibility index (Phi) is 3.44. The molecule has 2 aliphatic rings. The molecule has 5 heteroatoms. The maximum atomic E-state index is 5.47. The Bertz CT molecular complexity index is 451. The minimum absolute atomic E-state index is 0.553. The van der Waals surface area contributed by atoms with Crippen LogP contribution >= 0.6 is 0 Å². The van der Waals surface area contributed by atoms with Gasteiger partial charge in [0.15, 0.2) is 11.6 Å². The molecule has 2 bridgehead atoms. The predicted molar refractivity (Wildman–Crippen MR) is 75.6 cm³/mol. The zero-order valence-corrected chi connectivity index (χ0v) is 11.6. The van der Waals surface area contributed by atoms with E-state index < -0.39 is 0 Å². The van der Waals surface area contributed by atoms with Gasteiger partial charge in [-0.1, -0.05) is 6.42 Å². The van der Waals surface area contributed by atoms with Crippen molar-refractivity contribution in [3.05, 3.63) is 6.33 Å². The normalized spacial score (nSPS) is 28.4. The van der Waals surface area contributed by atoms with Crippen molar-refractivity contribution >= 4 is 11.6 Å². The lowest BCUT2D eigenvalue weighted by Crippen LogP contribution is -2.26. The number of nitrogens with zero attached hydrogens (tertiary/aromatic N) is 2. The fourth-order valence-corrected chi connectivity index (χ4v) is 3.56. The molecule has 0 amide bonds. The standard InChI is InChI=1S/C14H22N4O/c1-3-15-13-12(19-2)14(17-8-16-13)18-11-7-9-4-5-10(11)6-9/h8-11H,3-7H2,1-2H3,(H2,15,16,17,18). The van der Waals surface area contributed by atoms with Crippen LogP contribution in [-0.2, 0) is 0 Å². The number of aromatic nitrogens is 2. The van der Waals surface area contributed by atoms with Crippen LogP contribution < -0.4 is 15.4 Å². The molecule has 19 heavy (non-hydrogen) atoms. The summed E-state index contributed by atoms with van der Waals surface area (Å²) in [7, 11) is 1.67. The molecule has 5 nitrogen and oxygen atoms in total. The van der Waals surface area contributed by atoms with Gasteiger partial charge in [0.05, 0.1) is 7.11 Å². The summed E-state index contributed by atoms with van der Waals surface area (Å²) in [4.78, 5) is 8.59. The molecule has 2 saturated carbocycles. The van der Waals surface area contributed by atoms with Crippen LogP contribution in [0.4, 0.5) is 11.6 Å². The highest BCUT2D eigenvalue weighted by Crippen LogP contribution is 2.46. The topological polar surface area (TPSA) is 59.1 Å². The Hall–Kier alpha value is -1.52. The van der Waals surface area contributed by atoms with Crippen molar-refractivity contribution < 1.29 is 4.74 Å². The lowest BCUT2D eigenvalue weighted by atomic mass is 9.95. The van der Waals surface area contributed by atoms with Crippen LogP contribution in [-0.4, -0.2) is 29.7 Å². The molecular weight excluding hydrogens is 240 g/mol. The maximum absolute atomic E-state index is 5.47. The summed E-state index contributed by atoms with van der Waals surface area (Å²) in [6, 6.07) is 0.553. The quantitative estimate of drug-likeness (QED) is 0.854. The molecule has 3 rings (SSSR count). The van der Waals surface area contributed by atoms with Gasteiger partial charge < -0.3 is 15.4 Å². The molecule has 0 saturated heterocycles. The highest BCUT2D eigenvalue weighted by molar-refractivity contribution is 5.63. The monoisotopic (exact) mass is 262 g/mol. The van der Waals surface area contributed by atoms with E-state index in [9.17, 15) is 0 Å². The number of nitrogens with one attached hydrogen (secondary N) is 2. The first-order valence-electron chi connectivity index (χ1n) is 7.21. The van der Waals surface area contributed by atoms with Crippen molar-refractivity contribution in [1.29, 1.82) is 0 Å². The molecule has 0 radical (unpaired) electrons. The van der Waals surface area contributed by atoms with Crippen LogP contribution in [0.15, 0.2) is 6.33 Å². The number of hydrogen-bond donors (Lipinski definition) is 2. The molecule has 0 spiro atoms. The number of hydrogen-bond acceptors (Lipinski definition) is 5. The zero-order valence-electron chi connectivity index (χ0n) is 11.6. The SMILES string of the molecule is CCNc1ncnc(NC2CC3CCC2C3)c1OC. The van der Waals surface area contributed by atoms with Gasteiger partial charge >= 0.3 is 0 Å². The maximum Gasteiger partial charge on any atom is 0.204 e. The van der Waals surface area contributed by atoms with E-state index in [1.165, 1.54) is 25.7 Å². The van der Waals surface area contributed by atoms with Crippen molar-refractivity contribution in [3.63, 3.8) is 0 Å². The average molecular weight is 262 g/mol. The molecule has 1 heterocycles. The average Bonchev–Trinajstić information content (AvgIpc) is 3.02. The fourth-order valence-electron chi connectivity index (χ4n) is 3.56. The van der Waals surface area contributed by atoms with Gasteiger partial charge in [-0.25, -0.2) is 9.97 Å². The van der Waals surface area contributed by atoms with E-state index in [-0.39, 0.29) is 0 Å². The van der Waals surface area contributed by atoms with Gasteiger partial charge in [0, 0.05) is 12.6 Å². The van der Waals surface area contributed by atoms with E-state index >= 15 is 0 Å². The van der Waals surface area contributed by atoms with E-state index in [2.05, 4.69) is 20.6 Å². The Morgan fingerprint density at radius 2 is 2.11 bits per heavy atom. The van der Waals surface area contributed by atoms with Crippen LogP contribution in [0, 0.1) is 11.8 Å². The summed E-state index contributed by atoms with van der Waals surface area (Å²) in [6.07, 6.45) is 7.01. The number of ether oxygens (including phenoxy) is 1. The third-order valence-corrected chi connectivity index (χ3v) is 4.41. The first kappa shape index (κ1) is 12.5. The van der Waals surface area contributed by atoms with Gasteiger partial charge in [-0.2, -0.15) is 0 Å². The van der Waals surface area contributed by atoms with Crippen molar-refractivity contribution in [1.82, 2.24) is 9.97 Å². The predicted octanol–water partition coefficient (Wildman–Crippen LogP) is 2.52. The van der Waals surface area contributed by atoms with E-state index in [4.69, 9.17) is 4.74 Å². The Balaban J connectivity index is 1.78. The minimum Gasteiger partial charge on any atom is -0.490 e. The second-order valence-electron chi connectivity index (χ2n) is 5.56. The zero-order chi connectivity index (χ0) is 13.2. The number of rotatable bonds is 5. The van der Waals surface area contributed by atoms with Crippen molar-refractivity contribution in [2.45, 2.75) is 38.6 Å². The molecule has 3 atom stereocenters. The smallest absolute Gasteiger partial charge is 0.204 e. The van der Waals surface area contributed by atoms with Gasteiger partial charge in [0.1, 0.15) is 6.33 Å². The Morgan fingerprint density at radius 1 is 1.26 bits per heavy atom. The lowest BCUT2D eigenvalue weighted by molar-refractivity contribution is 0.408. The molecular formula is C14H22N4O. The lowest BCUT2D eigenvalue weighted by Gasteiger charge is -2.24. The summed E-state index contributed by atoms with van der Waals surface area (Å²) in [5.74, 6) is 4.06. The molecule has 2 N–H and O–H groups in total. The van der Waals surface area contributed by atoms with Gasteiger partial charge in [-0.15, -0.1) is 0 Å². The van der Waals surface area contributed by atoms with Crippen molar-refractivity contribution in [3.8, 4) is 5.75 Å². The highest BCUT2D eigenvalue weighted by Gasteiger charge is 2.39. The van der Waals surface area contributed by atoms with Gasteiger partial charge in [0.2, 0.25) is 5.75 Å². The molecule has 1 aromatic rings. The van der Waals surface area contributed by atoms with Gasteiger partial charge in [-0.3, -0.25) is 0 Å². The van der Waals surface area contributed by atoms with Crippen LogP contribution in [0.3, 0.4) is 0 Å². The van der Waals surface area contributed by atoms with Gasteiger partial charge in [0.25, 0.3) is 0 Å². The summed E-state index contributed by atoms with van der Waals surface area (Å²) in [5, 5.41) is 6.78. The molecule has 104 valence electrons. The van der Waals surface area contributed by atoms with E-state index in [1.54, 1.807) is 13.4 Å². The van der Waals surface area contributed by atoms with Crippen molar-refractivity contribution in [2.24, 2.45) is 11.8 Å². The second-order valence-corrected chi connectivity index (χ2v) is 5.56. The van der Waals surface area contributed by atoms with Crippen LogP contribution in [0.2, 0.25) is 0 Å². The number of anilines is 2. The Labute approximate surface area is 114 Å². The van der Waals surface area contributed by atoms with Crippen molar-refractivity contribution in [2.75, 3.05) is 24.3 Å². The van der Waals surface area contributed by atoms with E-state index in [0.29, 0.717) is 6.04 Å². The van der Waals surface area contributed by atoms with Gasteiger partial charge in [-0.05, 0) is 38.0 Å².